The summed E-state index contributed by atoms with van der Waals surface area (Å²) < 4.78 is 27.2. The third kappa shape index (κ3) is 2.93. The first-order valence-electron chi connectivity index (χ1n) is 5.61. The van der Waals surface area contributed by atoms with E-state index in [-0.39, 0.29) is 11.3 Å². The minimum atomic E-state index is -1.10. The van der Waals surface area contributed by atoms with E-state index in [1.807, 2.05) is 0 Å². The second-order valence-corrected chi connectivity index (χ2v) is 4.77. The van der Waals surface area contributed by atoms with Gasteiger partial charge < -0.3 is 10.6 Å². The molecule has 4 nitrogen and oxygen atoms in total. The van der Waals surface area contributed by atoms with Gasteiger partial charge in [0.2, 0.25) is 0 Å². The van der Waals surface area contributed by atoms with Crippen LogP contribution in [0.2, 0.25) is 0 Å². The average molecular weight is 342 g/mol. The van der Waals surface area contributed by atoms with Gasteiger partial charge in [0.15, 0.2) is 11.6 Å². The normalized spacial score (nSPS) is 10.2. The Morgan fingerprint density at radius 2 is 2.10 bits per heavy atom. The van der Waals surface area contributed by atoms with E-state index < -0.39 is 17.5 Å². The molecule has 2 N–H and O–H groups in total. The third-order valence-corrected chi connectivity index (χ3v) is 2.97. The van der Waals surface area contributed by atoms with Crippen LogP contribution in [-0.4, -0.2) is 17.9 Å². The topological polar surface area (TPSA) is 54.0 Å². The van der Waals surface area contributed by atoms with Crippen LogP contribution in [0.3, 0.4) is 0 Å². The lowest BCUT2D eigenvalue weighted by Crippen LogP contribution is -2.16. The Labute approximate surface area is 122 Å². The third-order valence-electron chi connectivity index (χ3n) is 2.54. The van der Waals surface area contributed by atoms with E-state index in [2.05, 4.69) is 31.5 Å². The van der Waals surface area contributed by atoms with Gasteiger partial charge >= 0.3 is 0 Å². The Morgan fingerprint density at radius 3 is 2.80 bits per heavy atom. The molecule has 20 heavy (non-hydrogen) atoms. The van der Waals surface area contributed by atoms with Crippen LogP contribution in [0.4, 0.5) is 20.3 Å². The second-order valence-electron chi connectivity index (χ2n) is 3.86. The number of hydrogen-bond acceptors (Lipinski definition) is 3. The maximum atomic E-state index is 13.5. The number of carbonyl (C=O) groups is 1. The van der Waals surface area contributed by atoms with E-state index in [4.69, 9.17) is 0 Å². The van der Waals surface area contributed by atoms with Crippen LogP contribution in [0, 0.1) is 11.6 Å². The quantitative estimate of drug-likeness (QED) is 0.899. The van der Waals surface area contributed by atoms with Gasteiger partial charge in [-0.05, 0) is 34.1 Å². The SMILES string of the molecule is CNc1ncc(Br)cc1C(=O)Nc1cccc(F)c1F. The van der Waals surface area contributed by atoms with Gasteiger partial charge in [-0.1, -0.05) is 6.07 Å². The van der Waals surface area contributed by atoms with E-state index in [1.165, 1.54) is 24.4 Å². The number of hydrogen-bond donors (Lipinski definition) is 2. The van der Waals surface area contributed by atoms with Crippen LogP contribution in [0.15, 0.2) is 34.9 Å². The summed E-state index contributed by atoms with van der Waals surface area (Å²) in [7, 11) is 1.61. The molecule has 0 aliphatic rings. The molecule has 104 valence electrons. The van der Waals surface area contributed by atoms with Gasteiger partial charge in [0, 0.05) is 17.7 Å². The maximum Gasteiger partial charge on any atom is 0.259 e. The molecule has 0 atom stereocenters. The molecule has 0 saturated heterocycles. The average Bonchev–Trinajstić information content (AvgIpc) is 2.43. The van der Waals surface area contributed by atoms with E-state index in [9.17, 15) is 13.6 Å². The Balaban J connectivity index is 2.33. The monoisotopic (exact) mass is 341 g/mol. The number of amides is 1. The highest BCUT2D eigenvalue weighted by Crippen LogP contribution is 2.21. The fourth-order valence-electron chi connectivity index (χ4n) is 1.60. The molecule has 1 amide bonds. The number of aromatic nitrogens is 1. The maximum absolute atomic E-state index is 13.5. The summed E-state index contributed by atoms with van der Waals surface area (Å²) >= 11 is 3.20. The van der Waals surface area contributed by atoms with Gasteiger partial charge in [-0.2, -0.15) is 0 Å². The molecule has 1 aromatic heterocycles. The minimum Gasteiger partial charge on any atom is -0.372 e. The van der Waals surface area contributed by atoms with Crippen LogP contribution in [0.25, 0.3) is 0 Å². The molecule has 7 heteroatoms. The summed E-state index contributed by atoms with van der Waals surface area (Å²) in [6, 6.07) is 5.10. The van der Waals surface area contributed by atoms with Crippen molar-refractivity contribution in [2.24, 2.45) is 0 Å². The summed E-state index contributed by atoms with van der Waals surface area (Å²) in [5.74, 6) is -2.38. The van der Waals surface area contributed by atoms with E-state index >= 15 is 0 Å². The molecule has 2 aromatic rings. The van der Waals surface area contributed by atoms with Gasteiger partial charge in [-0.15, -0.1) is 0 Å². The van der Waals surface area contributed by atoms with Gasteiger partial charge in [0.25, 0.3) is 5.91 Å². The number of carbonyl (C=O) groups excluding carboxylic acids is 1. The van der Waals surface area contributed by atoms with Gasteiger partial charge in [0.1, 0.15) is 5.82 Å². The molecule has 1 heterocycles. The zero-order valence-electron chi connectivity index (χ0n) is 10.4. The summed E-state index contributed by atoms with van der Waals surface area (Å²) in [5.41, 5.74) is -0.0115. The number of nitrogens with zero attached hydrogens (tertiary/aromatic N) is 1. The molecule has 0 aliphatic carbocycles. The first-order valence-corrected chi connectivity index (χ1v) is 6.41. The highest BCUT2D eigenvalue weighted by atomic mass is 79.9. The molecular formula is C13H10BrF2N3O. The van der Waals surface area contributed by atoms with Crippen molar-refractivity contribution in [2.45, 2.75) is 0 Å². The van der Waals surface area contributed by atoms with Crippen LogP contribution in [-0.2, 0) is 0 Å². The minimum absolute atomic E-state index is 0.213. The molecule has 0 fully saturated rings. The van der Waals surface area contributed by atoms with Crippen molar-refractivity contribution in [3.63, 3.8) is 0 Å². The molecule has 0 aliphatic heterocycles. The Kier molecular flexibility index (Phi) is 4.29. The molecule has 0 bridgehead atoms. The van der Waals surface area contributed by atoms with Crippen molar-refractivity contribution >= 4 is 33.3 Å². The zero-order chi connectivity index (χ0) is 14.7. The van der Waals surface area contributed by atoms with Crippen LogP contribution in [0.1, 0.15) is 10.4 Å². The van der Waals surface area contributed by atoms with Gasteiger partial charge in [-0.3, -0.25) is 4.79 Å². The van der Waals surface area contributed by atoms with Gasteiger partial charge in [-0.25, -0.2) is 13.8 Å². The summed E-state index contributed by atoms with van der Waals surface area (Å²) in [6.45, 7) is 0. The van der Waals surface area contributed by atoms with E-state index in [0.717, 1.165) is 6.07 Å². The van der Waals surface area contributed by atoms with Crippen molar-refractivity contribution in [2.75, 3.05) is 17.7 Å². The molecule has 0 spiro atoms. The predicted octanol–water partition coefficient (Wildman–Crippen LogP) is 3.42. The first kappa shape index (κ1) is 14.4. The van der Waals surface area contributed by atoms with Crippen molar-refractivity contribution in [1.82, 2.24) is 4.98 Å². The van der Waals surface area contributed by atoms with Crippen molar-refractivity contribution in [3.05, 3.63) is 52.1 Å². The molecular weight excluding hydrogens is 332 g/mol. The number of halogens is 3. The highest BCUT2D eigenvalue weighted by molar-refractivity contribution is 9.10. The van der Waals surface area contributed by atoms with Crippen LogP contribution < -0.4 is 10.6 Å². The lowest BCUT2D eigenvalue weighted by atomic mass is 10.2. The number of anilines is 2. The highest BCUT2D eigenvalue weighted by Gasteiger charge is 2.16. The predicted molar refractivity (Wildman–Crippen MR) is 75.8 cm³/mol. The number of rotatable bonds is 3. The Hall–Kier alpha value is -2.02. The fourth-order valence-corrected chi connectivity index (χ4v) is 1.93. The number of pyridine rings is 1. The first-order chi connectivity index (χ1) is 9.52. The molecule has 0 saturated carbocycles. The lowest BCUT2D eigenvalue weighted by molar-refractivity contribution is 0.102. The van der Waals surface area contributed by atoms with Crippen LogP contribution in [0.5, 0.6) is 0 Å². The van der Waals surface area contributed by atoms with Crippen molar-refractivity contribution in [1.29, 1.82) is 0 Å². The second kappa shape index (κ2) is 5.96. The molecule has 2 rings (SSSR count). The van der Waals surface area contributed by atoms with Gasteiger partial charge in [0.05, 0.1) is 11.3 Å². The molecule has 0 unspecified atom stereocenters. The summed E-state index contributed by atoms with van der Waals surface area (Å²) in [5, 5.41) is 5.07. The van der Waals surface area contributed by atoms with E-state index in [1.54, 1.807) is 7.05 Å². The molecule has 0 radical (unpaired) electrons. The number of nitrogens with one attached hydrogen (secondary N) is 2. The lowest BCUT2D eigenvalue weighted by Gasteiger charge is -2.10. The summed E-state index contributed by atoms with van der Waals surface area (Å²) in [4.78, 5) is 16.1. The Bertz CT molecular complexity index is 664. The van der Waals surface area contributed by atoms with Crippen LogP contribution >= 0.6 is 15.9 Å². The zero-order valence-corrected chi connectivity index (χ0v) is 12.0. The largest absolute Gasteiger partial charge is 0.372 e. The van der Waals surface area contributed by atoms with E-state index in [0.29, 0.717) is 10.3 Å². The number of benzene rings is 1. The van der Waals surface area contributed by atoms with Crippen molar-refractivity contribution < 1.29 is 13.6 Å². The smallest absolute Gasteiger partial charge is 0.259 e. The molecule has 1 aromatic carbocycles. The Morgan fingerprint density at radius 1 is 1.35 bits per heavy atom. The summed E-state index contributed by atoms with van der Waals surface area (Å²) in [6.07, 6.45) is 1.52. The van der Waals surface area contributed by atoms with Crippen molar-refractivity contribution in [3.8, 4) is 0 Å². The standard InChI is InChI=1S/C13H10BrF2N3O/c1-17-12-8(5-7(14)6-18-12)13(20)19-10-4-2-3-9(15)11(10)16/h2-6H,1H3,(H,17,18)(H,19,20). The fraction of sp³-hybridized carbons (Fsp3) is 0.0769.